The zero-order valence-corrected chi connectivity index (χ0v) is 12.1. The van der Waals surface area contributed by atoms with Gasteiger partial charge in [0, 0.05) is 11.2 Å². The molecule has 3 unspecified atom stereocenters. The molecule has 96 valence electrons. The molecule has 0 rings (SSSR count). The highest BCUT2D eigenvalue weighted by Gasteiger charge is 2.21. The third kappa shape index (κ3) is 7.36. The van der Waals surface area contributed by atoms with Crippen LogP contribution >= 0.6 is 0 Å². The predicted molar refractivity (Wildman–Crippen MR) is 74.7 cm³/mol. The topological polar surface area (TPSA) is 37.3 Å². The van der Waals surface area contributed by atoms with E-state index in [1.54, 1.807) is 0 Å². The van der Waals surface area contributed by atoms with Crippen molar-refractivity contribution in [1.29, 1.82) is 0 Å². The Morgan fingerprint density at radius 2 is 2.06 bits per heavy atom. The highest BCUT2D eigenvalue weighted by Crippen LogP contribution is 2.21. The quantitative estimate of drug-likeness (QED) is 0.678. The van der Waals surface area contributed by atoms with E-state index >= 15 is 0 Å². The lowest BCUT2D eigenvalue weighted by atomic mass is 9.98. The Kier molecular flexibility index (Phi) is 8.24. The molecule has 0 heterocycles. The van der Waals surface area contributed by atoms with Crippen LogP contribution in [0.25, 0.3) is 0 Å². The molecule has 0 saturated carbocycles. The Hall–Kier alpha value is 0.0700. The summed E-state index contributed by atoms with van der Waals surface area (Å²) in [7, 11) is -3.06. The van der Waals surface area contributed by atoms with Crippen molar-refractivity contribution in [2.45, 2.75) is 58.1 Å². The molecule has 3 atom stereocenters. The predicted octanol–water partition coefficient (Wildman–Crippen LogP) is 3.76. The van der Waals surface area contributed by atoms with E-state index in [9.17, 15) is 8.76 Å². The summed E-state index contributed by atoms with van der Waals surface area (Å²) in [6.07, 6.45) is 8.54. The summed E-state index contributed by atoms with van der Waals surface area (Å²) in [4.78, 5) is 0. The fourth-order valence-corrected chi connectivity index (χ4v) is 3.43. The molecule has 0 saturated heterocycles. The Bertz CT molecular complexity index is 294. The summed E-state index contributed by atoms with van der Waals surface area (Å²) in [5.74, 6) is 0.483. The second-order valence-electron chi connectivity index (χ2n) is 4.41. The van der Waals surface area contributed by atoms with Crippen LogP contribution in [0.5, 0.6) is 0 Å². The van der Waals surface area contributed by atoms with E-state index in [0.717, 1.165) is 32.1 Å². The van der Waals surface area contributed by atoms with E-state index in [1.165, 1.54) is 0 Å². The van der Waals surface area contributed by atoms with Gasteiger partial charge in [0.15, 0.2) is 0 Å². The van der Waals surface area contributed by atoms with E-state index in [4.69, 9.17) is 11.2 Å². The van der Waals surface area contributed by atoms with Crippen molar-refractivity contribution in [3.05, 3.63) is 12.2 Å². The summed E-state index contributed by atoms with van der Waals surface area (Å²) in [5, 5.41) is -0.236. The molecular formula is C12H24O2S2. The number of hydrogen-bond acceptors (Lipinski definition) is 2. The van der Waals surface area contributed by atoms with Gasteiger partial charge in [-0.15, -0.1) is 0 Å². The van der Waals surface area contributed by atoms with Gasteiger partial charge in [0.05, 0.1) is 5.25 Å². The smallest absolute Gasteiger partial charge is 0.144 e. The average Bonchev–Trinajstić information content (AvgIpc) is 2.15. The molecule has 0 aliphatic carbocycles. The normalized spacial score (nSPS) is 19.5. The van der Waals surface area contributed by atoms with Gasteiger partial charge in [-0.2, -0.15) is 0 Å². The van der Waals surface area contributed by atoms with Crippen LogP contribution in [0.1, 0.15) is 52.9 Å². The van der Waals surface area contributed by atoms with Gasteiger partial charge in [0.1, 0.15) is 8.77 Å². The maximum Gasteiger partial charge on any atom is 0.144 e. The van der Waals surface area contributed by atoms with Crippen LogP contribution in [0.4, 0.5) is 0 Å². The second kappa shape index (κ2) is 8.20. The van der Waals surface area contributed by atoms with Crippen molar-refractivity contribution in [3.63, 3.8) is 0 Å². The zero-order chi connectivity index (χ0) is 12.6. The van der Waals surface area contributed by atoms with Crippen molar-refractivity contribution < 1.29 is 8.76 Å². The third-order valence-electron chi connectivity index (χ3n) is 2.76. The molecule has 4 heteroatoms. The van der Waals surface area contributed by atoms with Crippen molar-refractivity contribution in [2.75, 3.05) is 0 Å². The van der Waals surface area contributed by atoms with E-state index in [1.807, 2.05) is 19.1 Å². The van der Waals surface area contributed by atoms with Gasteiger partial charge in [-0.05, 0) is 32.1 Å². The molecule has 0 bridgehead atoms. The van der Waals surface area contributed by atoms with Crippen molar-refractivity contribution >= 4 is 20.0 Å². The van der Waals surface area contributed by atoms with Gasteiger partial charge < -0.3 is 4.55 Å². The fraction of sp³-hybridized carbons (Fsp3) is 0.833. The van der Waals surface area contributed by atoms with Crippen LogP contribution < -0.4 is 0 Å². The van der Waals surface area contributed by atoms with Crippen molar-refractivity contribution in [1.82, 2.24) is 0 Å². The first-order valence-corrected chi connectivity index (χ1v) is 8.49. The Labute approximate surface area is 105 Å². The minimum Gasteiger partial charge on any atom is -0.305 e. The third-order valence-corrected chi connectivity index (χ3v) is 4.85. The van der Waals surface area contributed by atoms with Gasteiger partial charge in [0.2, 0.25) is 0 Å². The average molecular weight is 264 g/mol. The van der Waals surface area contributed by atoms with Gasteiger partial charge in [0.25, 0.3) is 0 Å². The fourth-order valence-electron chi connectivity index (χ4n) is 1.90. The summed E-state index contributed by atoms with van der Waals surface area (Å²) < 4.78 is 21.1. The van der Waals surface area contributed by atoms with Gasteiger partial charge in [-0.25, -0.2) is 4.21 Å². The molecule has 0 radical (unpaired) electrons. The van der Waals surface area contributed by atoms with E-state index in [2.05, 4.69) is 13.8 Å². The molecule has 0 aromatic rings. The molecule has 0 aromatic heterocycles. The minimum absolute atomic E-state index is 0.236. The van der Waals surface area contributed by atoms with E-state index in [-0.39, 0.29) is 5.25 Å². The molecule has 0 aromatic carbocycles. The first-order chi connectivity index (χ1) is 7.41. The number of allylic oxidation sites excluding steroid dienone is 2. The summed E-state index contributed by atoms with van der Waals surface area (Å²) in [6.45, 7) is 6.22. The monoisotopic (exact) mass is 264 g/mol. The highest BCUT2D eigenvalue weighted by molar-refractivity contribution is 8.30. The Morgan fingerprint density at radius 3 is 2.50 bits per heavy atom. The highest BCUT2D eigenvalue weighted by atomic mass is 32.8. The van der Waals surface area contributed by atoms with Gasteiger partial charge in [-0.1, -0.05) is 38.8 Å². The van der Waals surface area contributed by atoms with Crippen LogP contribution in [0, 0.1) is 5.92 Å². The largest absolute Gasteiger partial charge is 0.305 e. The maximum atomic E-state index is 11.6. The second-order valence-corrected chi connectivity index (χ2v) is 7.54. The molecule has 0 fully saturated rings. The molecule has 0 amide bonds. The molecule has 0 aliphatic rings. The van der Waals surface area contributed by atoms with Gasteiger partial charge >= 0.3 is 0 Å². The van der Waals surface area contributed by atoms with E-state index in [0.29, 0.717) is 5.92 Å². The number of hydrogen-bond donors (Lipinski definition) is 1. The first-order valence-electron chi connectivity index (χ1n) is 5.99. The lowest BCUT2D eigenvalue weighted by Crippen LogP contribution is -2.22. The molecule has 0 spiro atoms. The molecule has 1 N–H and O–H groups in total. The van der Waals surface area contributed by atoms with Crippen LogP contribution in [-0.4, -0.2) is 14.0 Å². The first kappa shape index (κ1) is 16.1. The summed E-state index contributed by atoms with van der Waals surface area (Å²) in [5.41, 5.74) is 0. The lowest BCUT2D eigenvalue weighted by Gasteiger charge is -2.19. The van der Waals surface area contributed by atoms with Crippen LogP contribution in [0.2, 0.25) is 0 Å². The van der Waals surface area contributed by atoms with Crippen LogP contribution in [0.15, 0.2) is 12.2 Å². The SMILES string of the molecule is C/C=C\CCC(CC(C)CCC)S(=O)(O)=S. The maximum absolute atomic E-state index is 11.6. The Balaban J connectivity index is 4.33. The lowest BCUT2D eigenvalue weighted by molar-refractivity contribution is 0.446. The minimum atomic E-state index is -3.06. The van der Waals surface area contributed by atoms with Crippen molar-refractivity contribution in [2.24, 2.45) is 5.92 Å². The van der Waals surface area contributed by atoms with Gasteiger partial charge in [-0.3, -0.25) is 0 Å². The van der Waals surface area contributed by atoms with Crippen LogP contribution in [0.3, 0.4) is 0 Å². The number of rotatable bonds is 8. The van der Waals surface area contributed by atoms with Crippen molar-refractivity contribution in [3.8, 4) is 0 Å². The zero-order valence-electron chi connectivity index (χ0n) is 10.5. The van der Waals surface area contributed by atoms with E-state index < -0.39 is 8.77 Å². The molecule has 0 aliphatic heterocycles. The van der Waals surface area contributed by atoms with Crippen LogP contribution in [-0.2, 0) is 20.0 Å². The standard InChI is InChI=1S/C12H24O2S2/c1-4-6-7-9-12(16(13,14)15)10-11(3)8-5-2/h4,6,11-12H,5,7-10H2,1-3H3,(H,13,14,15)/b6-4-. The Morgan fingerprint density at radius 1 is 1.44 bits per heavy atom. The molecular weight excluding hydrogens is 240 g/mol. The molecule has 16 heavy (non-hydrogen) atoms. The summed E-state index contributed by atoms with van der Waals surface area (Å²) in [6, 6.07) is 0. The summed E-state index contributed by atoms with van der Waals surface area (Å²) >= 11 is 4.72. The molecule has 2 nitrogen and oxygen atoms in total.